The van der Waals surface area contributed by atoms with Gasteiger partial charge in [-0.2, -0.15) is 0 Å². The lowest BCUT2D eigenvalue weighted by atomic mass is 10.1. The number of aryl methyl sites for hydroxylation is 1. The topological polar surface area (TPSA) is 27.7 Å². The minimum atomic E-state index is -3.02. The molecule has 3 nitrogen and oxygen atoms in total. The average Bonchev–Trinajstić information content (AvgIpc) is 2.40. The Morgan fingerprint density at radius 3 is 1.70 bits per heavy atom. The quantitative estimate of drug-likeness (QED) is 0.535. The molecule has 0 heterocycles. The SMILES string of the molecule is CCO[Si](OCC)(OCC)C(C)(Cl)c1ccc(C)cc1. The van der Waals surface area contributed by atoms with Crippen molar-refractivity contribution in [3.05, 3.63) is 35.4 Å². The fourth-order valence-corrected chi connectivity index (χ4v) is 5.49. The second kappa shape index (κ2) is 7.57. The molecule has 0 saturated heterocycles. The third kappa shape index (κ3) is 3.62. The maximum absolute atomic E-state index is 6.86. The van der Waals surface area contributed by atoms with Gasteiger partial charge in [0, 0.05) is 19.8 Å². The summed E-state index contributed by atoms with van der Waals surface area (Å²) in [4.78, 5) is 0. The number of rotatable bonds is 8. The van der Waals surface area contributed by atoms with E-state index in [0.29, 0.717) is 19.8 Å². The molecule has 1 unspecified atom stereocenters. The van der Waals surface area contributed by atoms with E-state index >= 15 is 0 Å². The summed E-state index contributed by atoms with van der Waals surface area (Å²) in [5.41, 5.74) is 2.16. The van der Waals surface area contributed by atoms with E-state index in [0.717, 1.165) is 5.56 Å². The summed E-state index contributed by atoms with van der Waals surface area (Å²) in [6, 6.07) is 8.11. The number of benzene rings is 1. The van der Waals surface area contributed by atoms with Gasteiger partial charge in [-0.25, -0.2) is 0 Å². The van der Waals surface area contributed by atoms with Crippen molar-refractivity contribution in [2.45, 2.75) is 39.1 Å². The molecule has 0 aromatic heterocycles. The van der Waals surface area contributed by atoms with E-state index in [4.69, 9.17) is 24.9 Å². The maximum atomic E-state index is 6.86. The van der Waals surface area contributed by atoms with Gasteiger partial charge in [-0.15, -0.1) is 11.6 Å². The number of halogens is 1. The van der Waals surface area contributed by atoms with Crippen molar-refractivity contribution in [1.82, 2.24) is 0 Å². The molecule has 0 aliphatic carbocycles. The molecular weight excluding hydrogens is 292 g/mol. The summed E-state index contributed by atoms with van der Waals surface area (Å²) < 4.78 is 17.0. The lowest BCUT2D eigenvalue weighted by Crippen LogP contribution is -2.59. The molecule has 0 aliphatic heterocycles. The van der Waals surface area contributed by atoms with Crippen LogP contribution in [-0.4, -0.2) is 28.6 Å². The van der Waals surface area contributed by atoms with Gasteiger partial charge < -0.3 is 13.3 Å². The van der Waals surface area contributed by atoms with Crippen molar-refractivity contribution < 1.29 is 13.3 Å². The van der Waals surface area contributed by atoms with Crippen LogP contribution in [0.25, 0.3) is 0 Å². The molecule has 1 aromatic rings. The molecule has 114 valence electrons. The number of hydrogen-bond acceptors (Lipinski definition) is 3. The Labute approximate surface area is 128 Å². The molecule has 1 rings (SSSR count). The highest BCUT2D eigenvalue weighted by molar-refractivity contribution is 6.73. The highest BCUT2D eigenvalue weighted by Gasteiger charge is 2.58. The summed E-state index contributed by atoms with van der Waals surface area (Å²) >= 11 is 6.86. The van der Waals surface area contributed by atoms with E-state index in [1.807, 2.05) is 58.9 Å². The molecule has 5 heteroatoms. The third-order valence-corrected chi connectivity index (χ3v) is 7.53. The number of alkyl halides is 1. The predicted octanol–water partition coefficient (Wildman–Crippen LogP) is 4.04. The molecule has 0 spiro atoms. The van der Waals surface area contributed by atoms with E-state index in [1.54, 1.807) is 0 Å². The molecule has 0 fully saturated rings. The monoisotopic (exact) mass is 316 g/mol. The molecule has 0 saturated carbocycles. The molecule has 0 radical (unpaired) electrons. The summed E-state index contributed by atoms with van der Waals surface area (Å²) in [6.45, 7) is 11.3. The Morgan fingerprint density at radius 2 is 1.35 bits per heavy atom. The first-order valence-electron chi connectivity index (χ1n) is 7.11. The van der Waals surface area contributed by atoms with Crippen LogP contribution in [0.5, 0.6) is 0 Å². The summed E-state index contributed by atoms with van der Waals surface area (Å²) in [5, 5.41) is 0. The van der Waals surface area contributed by atoms with Crippen LogP contribution in [0.3, 0.4) is 0 Å². The zero-order valence-corrected chi connectivity index (χ0v) is 14.8. The molecular formula is C15H25ClO3Si. The van der Waals surface area contributed by atoms with Crippen LogP contribution < -0.4 is 0 Å². The molecule has 0 amide bonds. The first-order chi connectivity index (χ1) is 9.43. The Bertz CT molecular complexity index is 389. The smallest absolute Gasteiger partial charge is 0.373 e. The third-order valence-electron chi connectivity index (χ3n) is 3.17. The van der Waals surface area contributed by atoms with Crippen molar-refractivity contribution in [1.29, 1.82) is 0 Å². The first kappa shape index (κ1) is 17.7. The van der Waals surface area contributed by atoms with Crippen LogP contribution in [0.4, 0.5) is 0 Å². The molecule has 1 aromatic carbocycles. The van der Waals surface area contributed by atoms with E-state index in [9.17, 15) is 0 Å². The van der Waals surface area contributed by atoms with E-state index in [1.165, 1.54) is 5.56 Å². The molecule has 0 N–H and O–H groups in total. The van der Waals surface area contributed by atoms with Gasteiger partial charge in [-0.3, -0.25) is 0 Å². The Morgan fingerprint density at radius 1 is 0.950 bits per heavy atom. The van der Waals surface area contributed by atoms with Gasteiger partial charge in [0.05, 0.1) is 0 Å². The molecule has 1 atom stereocenters. The van der Waals surface area contributed by atoms with E-state index in [-0.39, 0.29) is 0 Å². The van der Waals surface area contributed by atoms with Gasteiger partial charge >= 0.3 is 8.80 Å². The zero-order chi connectivity index (χ0) is 15.2. The van der Waals surface area contributed by atoms with Crippen molar-refractivity contribution in [3.63, 3.8) is 0 Å². The Kier molecular flexibility index (Phi) is 6.68. The Hall–Kier alpha value is -0.393. The Balaban J connectivity index is 3.23. The summed E-state index contributed by atoms with van der Waals surface area (Å²) in [5.74, 6) is 0. The molecule has 0 bridgehead atoms. The maximum Gasteiger partial charge on any atom is 0.527 e. The fourth-order valence-electron chi connectivity index (χ4n) is 2.14. The van der Waals surface area contributed by atoms with Gasteiger partial charge in [0.25, 0.3) is 0 Å². The standard InChI is InChI=1S/C15H25ClO3Si/c1-6-17-20(18-7-2,19-8-3)15(5,16)14-11-9-13(4)10-12-14/h9-12H,6-8H2,1-5H3. The van der Waals surface area contributed by atoms with Crippen molar-refractivity contribution in [3.8, 4) is 0 Å². The van der Waals surface area contributed by atoms with Gasteiger partial charge in [0.1, 0.15) is 4.50 Å². The van der Waals surface area contributed by atoms with Crippen molar-refractivity contribution in [2.24, 2.45) is 0 Å². The van der Waals surface area contributed by atoms with E-state index in [2.05, 4.69) is 0 Å². The highest BCUT2D eigenvalue weighted by Crippen LogP contribution is 2.40. The van der Waals surface area contributed by atoms with Crippen LogP contribution >= 0.6 is 11.6 Å². The minimum Gasteiger partial charge on any atom is -0.373 e. The highest BCUT2D eigenvalue weighted by atomic mass is 35.5. The largest absolute Gasteiger partial charge is 0.527 e. The minimum absolute atomic E-state index is 0.514. The average molecular weight is 317 g/mol. The van der Waals surface area contributed by atoms with Crippen LogP contribution in [0.15, 0.2) is 24.3 Å². The summed E-state index contributed by atoms with van der Waals surface area (Å²) in [7, 11) is -3.02. The van der Waals surface area contributed by atoms with Crippen LogP contribution in [0, 0.1) is 6.92 Å². The summed E-state index contributed by atoms with van der Waals surface area (Å²) in [6.07, 6.45) is 0. The van der Waals surface area contributed by atoms with Gasteiger partial charge in [-0.05, 0) is 40.2 Å². The van der Waals surface area contributed by atoms with Crippen molar-refractivity contribution in [2.75, 3.05) is 19.8 Å². The van der Waals surface area contributed by atoms with Crippen molar-refractivity contribution >= 4 is 20.4 Å². The second-order valence-electron chi connectivity index (χ2n) is 4.72. The molecule has 20 heavy (non-hydrogen) atoms. The van der Waals surface area contributed by atoms with Gasteiger partial charge in [0.2, 0.25) is 0 Å². The normalized spacial score (nSPS) is 15.1. The lowest BCUT2D eigenvalue weighted by molar-refractivity contribution is 0.0581. The fraction of sp³-hybridized carbons (Fsp3) is 0.600. The van der Waals surface area contributed by atoms with Gasteiger partial charge in [-0.1, -0.05) is 29.8 Å². The van der Waals surface area contributed by atoms with Crippen LogP contribution in [0.1, 0.15) is 38.8 Å². The van der Waals surface area contributed by atoms with Gasteiger partial charge in [0.15, 0.2) is 0 Å². The predicted molar refractivity (Wildman–Crippen MR) is 85.0 cm³/mol. The van der Waals surface area contributed by atoms with Crippen LogP contribution in [0.2, 0.25) is 0 Å². The number of hydrogen-bond donors (Lipinski definition) is 0. The molecule has 0 aliphatic rings. The second-order valence-corrected chi connectivity index (χ2v) is 8.78. The first-order valence-corrected chi connectivity index (χ1v) is 9.21. The zero-order valence-electron chi connectivity index (χ0n) is 13.0. The lowest BCUT2D eigenvalue weighted by Gasteiger charge is -2.39. The van der Waals surface area contributed by atoms with E-state index < -0.39 is 13.3 Å². The van der Waals surface area contributed by atoms with Crippen LogP contribution in [-0.2, 0) is 17.8 Å².